The number of amides is 1. The number of carbonyl (C=O) groups is 1. The lowest BCUT2D eigenvalue weighted by Gasteiger charge is -2.31. The molecule has 0 unspecified atom stereocenters. The van der Waals surface area contributed by atoms with Gasteiger partial charge in [0.15, 0.2) is 0 Å². The number of nitrogens with zero attached hydrogens (tertiary/aromatic N) is 4. The Labute approximate surface area is 142 Å². The molecule has 2 heterocycles. The molecule has 1 aliphatic heterocycles. The van der Waals surface area contributed by atoms with E-state index in [0.29, 0.717) is 31.9 Å². The molecule has 0 radical (unpaired) electrons. The van der Waals surface area contributed by atoms with E-state index in [0.717, 1.165) is 12.1 Å². The normalized spacial score (nSPS) is 15.0. The van der Waals surface area contributed by atoms with Gasteiger partial charge in [-0.15, -0.1) is 0 Å². The molecule has 0 saturated carbocycles. The van der Waals surface area contributed by atoms with Crippen LogP contribution in [0, 0.1) is 21.8 Å². The molecule has 1 amide bonds. The second kappa shape index (κ2) is 7.20. The molecule has 3 rings (SSSR count). The van der Waals surface area contributed by atoms with Gasteiger partial charge in [-0.25, -0.2) is 14.4 Å². The van der Waals surface area contributed by atoms with Gasteiger partial charge in [-0.1, -0.05) is 0 Å². The van der Waals surface area contributed by atoms with Gasteiger partial charge in [0, 0.05) is 31.4 Å². The molecule has 8 nitrogen and oxygen atoms in total. The maximum absolute atomic E-state index is 13.2. The Hall–Kier alpha value is -3.10. The van der Waals surface area contributed by atoms with Crippen molar-refractivity contribution in [2.75, 3.05) is 23.3 Å². The fourth-order valence-corrected chi connectivity index (χ4v) is 2.79. The average Bonchev–Trinajstić information content (AvgIpc) is 2.64. The van der Waals surface area contributed by atoms with Gasteiger partial charge in [0.2, 0.25) is 11.9 Å². The van der Waals surface area contributed by atoms with Crippen LogP contribution < -0.4 is 10.2 Å². The predicted octanol–water partition coefficient (Wildman–Crippen LogP) is 2.38. The summed E-state index contributed by atoms with van der Waals surface area (Å²) in [6, 6.07) is 4.82. The molecule has 9 heteroatoms. The van der Waals surface area contributed by atoms with Crippen molar-refractivity contribution in [3.05, 3.63) is 52.6 Å². The van der Waals surface area contributed by atoms with Gasteiger partial charge >= 0.3 is 0 Å². The number of nitro benzene ring substituents is 1. The molecule has 1 N–H and O–H groups in total. The highest BCUT2D eigenvalue weighted by molar-refractivity contribution is 5.94. The van der Waals surface area contributed by atoms with Crippen LogP contribution in [0.1, 0.15) is 12.8 Å². The number of piperidine rings is 1. The lowest BCUT2D eigenvalue weighted by molar-refractivity contribution is -0.384. The van der Waals surface area contributed by atoms with E-state index < -0.39 is 16.4 Å². The van der Waals surface area contributed by atoms with E-state index in [1.807, 2.05) is 4.90 Å². The lowest BCUT2D eigenvalue weighted by Crippen LogP contribution is -2.39. The van der Waals surface area contributed by atoms with Crippen molar-refractivity contribution in [2.45, 2.75) is 12.8 Å². The van der Waals surface area contributed by atoms with Crippen molar-refractivity contribution in [1.29, 1.82) is 0 Å². The fraction of sp³-hybridized carbons (Fsp3) is 0.312. The summed E-state index contributed by atoms with van der Waals surface area (Å²) in [5.74, 6) is -0.677. The van der Waals surface area contributed by atoms with Crippen molar-refractivity contribution in [1.82, 2.24) is 9.97 Å². The third kappa shape index (κ3) is 3.87. The van der Waals surface area contributed by atoms with Gasteiger partial charge < -0.3 is 10.2 Å². The molecule has 0 spiro atoms. The zero-order chi connectivity index (χ0) is 17.8. The van der Waals surface area contributed by atoms with Crippen LogP contribution in [0.25, 0.3) is 0 Å². The Kier molecular flexibility index (Phi) is 4.82. The summed E-state index contributed by atoms with van der Waals surface area (Å²) in [6.07, 6.45) is 4.49. The SMILES string of the molecule is O=C(Nc1ccc(F)cc1[N+](=O)[O-])C1CCN(c2ncccn2)CC1. The highest BCUT2D eigenvalue weighted by atomic mass is 19.1. The molecule has 0 aliphatic carbocycles. The summed E-state index contributed by atoms with van der Waals surface area (Å²) in [7, 11) is 0. The van der Waals surface area contributed by atoms with Crippen LogP contribution in [0.15, 0.2) is 36.7 Å². The van der Waals surface area contributed by atoms with E-state index in [9.17, 15) is 19.3 Å². The van der Waals surface area contributed by atoms with E-state index in [2.05, 4.69) is 15.3 Å². The molecular weight excluding hydrogens is 329 g/mol. The molecule has 1 aromatic carbocycles. The first-order valence-corrected chi connectivity index (χ1v) is 7.81. The van der Waals surface area contributed by atoms with Gasteiger partial charge in [-0.2, -0.15) is 0 Å². The fourth-order valence-electron chi connectivity index (χ4n) is 2.79. The molecule has 1 aliphatic rings. The smallest absolute Gasteiger partial charge is 0.295 e. The maximum Gasteiger partial charge on any atom is 0.295 e. The minimum atomic E-state index is -0.721. The van der Waals surface area contributed by atoms with Crippen LogP contribution in [0.2, 0.25) is 0 Å². The number of hydrogen-bond donors (Lipinski definition) is 1. The van der Waals surface area contributed by atoms with Crippen molar-refractivity contribution in [3.8, 4) is 0 Å². The summed E-state index contributed by atoms with van der Waals surface area (Å²) >= 11 is 0. The minimum absolute atomic E-state index is 0.00484. The summed E-state index contributed by atoms with van der Waals surface area (Å²) in [5, 5.41) is 13.5. The topological polar surface area (TPSA) is 101 Å². The standard InChI is InChI=1S/C16H16FN5O3/c17-12-2-3-13(14(10-12)22(24)25)20-15(23)11-4-8-21(9-5-11)16-18-6-1-7-19-16/h1-3,6-7,10-11H,4-5,8-9H2,(H,20,23). The Balaban J connectivity index is 1.63. The molecule has 0 atom stereocenters. The first-order chi connectivity index (χ1) is 12.0. The second-order valence-corrected chi connectivity index (χ2v) is 5.72. The Morgan fingerprint density at radius 1 is 1.28 bits per heavy atom. The molecule has 1 fully saturated rings. The van der Waals surface area contributed by atoms with Crippen molar-refractivity contribution >= 4 is 23.2 Å². The number of halogens is 1. The first kappa shape index (κ1) is 16.7. The number of nitrogens with one attached hydrogen (secondary N) is 1. The average molecular weight is 345 g/mol. The number of benzene rings is 1. The quantitative estimate of drug-likeness (QED) is 0.674. The van der Waals surface area contributed by atoms with Crippen molar-refractivity contribution in [3.63, 3.8) is 0 Å². The van der Waals surface area contributed by atoms with Crippen LogP contribution in [0.3, 0.4) is 0 Å². The molecule has 1 saturated heterocycles. The van der Waals surface area contributed by atoms with Gasteiger partial charge in [0.05, 0.1) is 11.0 Å². The Morgan fingerprint density at radius 2 is 1.96 bits per heavy atom. The zero-order valence-electron chi connectivity index (χ0n) is 13.3. The number of carbonyl (C=O) groups excluding carboxylic acids is 1. The Morgan fingerprint density at radius 3 is 2.60 bits per heavy atom. The number of hydrogen-bond acceptors (Lipinski definition) is 6. The largest absolute Gasteiger partial charge is 0.341 e. The maximum atomic E-state index is 13.2. The first-order valence-electron chi connectivity index (χ1n) is 7.81. The van der Waals surface area contributed by atoms with Crippen LogP contribution in [0.5, 0.6) is 0 Å². The second-order valence-electron chi connectivity index (χ2n) is 5.72. The van der Waals surface area contributed by atoms with E-state index in [-0.39, 0.29) is 17.5 Å². The zero-order valence-corrected chi connectivity index (χ0v) is 13.3. The van der Waals surface area contributed by atoms with Gasteiger partial charge in [-0.3, -0.25) is 14.9 Å². The number of aromatic nitrogens is 2. The van der Waals surface area contributed by atoms with Crippen LogP contribution >= 0.6 is 0 Å². The third-order valence-corrected chi connectivity index (χ3v) is 4.12. The molecular formula is C16H16FN5O3. The lowest BCUT2D eigenvalue weighted by atomic mass is 9.96. The Bertz CT molecular complexity index is 779. The predicted molar refractivity (Wildman–Crippen MR) is 88.7 cm³/mol. The van der Waals surface area contributed by atoms with Crippen LogP contribution in [-0.2, 0) is 4.79 Å². The summed E-state index contributed by atoms with van der Waals surface area (Å²) in [6.45, 7) is 1.24. The molecule has 130 valence electrons. The summed E-state index contributed by atoms with van der Waals surface area (Å²) < 4.78 is 13.2. The number of anilines is 2. The highest BCUT2D eigenvalue weighted by Crippen LogP contribution is 2.27. The summed E-state index contributed by atoms with van der Waals surface area (Å²) in [5.41, 5.74) is -0.450. The van der Waals surface area contributed by atoms with E-state index in [1.165, 1.54) is 6.07 Å². The van der Waals surface area contributed by atoms with Crippen LogP contribution in [0.4, 0.5) is 21.7 Å². The van der Waals surface area contributed by atoms with E-state index in [1.54, 1.807) is 18.5 Å². The van der Waals surface area contributed by atoms with Crippen molar-refractivity contribution < 1.29 is 14.1 Å². The molecule has 1 aromatic heterocycles. The minimum Gasteiger partial charge on any atom is -0.341 e. The van der Waals surface area contributed by atoms with Gasteiger partial charge in [0.1, 0.15) is 11.5 Å². The van der Waals surface area contributed by atoms with Gasteiger partial charge in [-0.05, 0) is 31.0 Å². The van der Waals surface area contributed by atoms with Gasteiger partial charge in [0.25, 0.3) is 5.69 Å². The molecule has 25 heavy (non-hydrogen) atoms. The molecule has 0 bridgehead atoms. The van der Waals surface area contributed by atoms with Crippen LogP contribution in [-0.4, -0.2) is 33.9 Å². The monoisotopic (exact) mass is 345 g/mol. The van der Waals surface area contributed by atoms with E-state index >= 15 is 0 Å². The van der Waals surface area contributed by atoms with E-state index in [4.69, 9.17) is 0 Å². The highest BCUT2D eigenvalue weighted by Gasteiger charge is 2.27. The number of nitro groups is 1. The number of rotatable bonds is 4. The molecule has 2 aromatic rings. The summed E-state index contributed by atoms with van der Waals surface area (Å²) in [4.78, 5) is 33.0. The van der Waals surface area contributed by atoms with Crippen molar-refractivity contribution in [2.24, 2.45) is 5.92 Å². The third-order valence-electron chi connectivity index (χ3n) is 4.12.